The molecule has 0 aromatic carbocycles. The first-order valence-corrected chi connectivity index (χ1v) is 6.58. The minimum Gasteiger partial charge on any atom is -0.492 e. The van der Waals surface area contributed by atoms with Crippen molar-refractivity contribution < 1.29 is 4.74 Å². The first-order chi connectivity index (χ1) is 8.76. The molecule has 6 heteroatoms. The van der Waals surface area contributed by atoms with Gasteiger partial charge in [0.15, 0.2) is 0 Å². The maximum Gasteiger partial charge on any atom is 0.137 e. The Kier molecular flexibility index (Phi) is 4.24. The Morgan fingerprint density at radius 1 is 1.50 bits per heavy atom. The molecule has 0 spiro atoms. The summed E-state index contributed by atoms with van der Waals surface area (Å²) in [5.74, 6) is 6.40. The standard InChI is InChI=1S/C12H16N4OS/c1-3-17-10-4-9(5-14-6-10)11(16-13)12-8(2)15-7-18-12/h4-7,11,16H,3,13H2,1-2H3. The summed E-state index contributed by atoms with van der Waals surface area (Å²) in [4.78, 5) is 9.51. The third-order valence-corrected chi connectivity index (χ3v) is 3.59. The first-order valence-electron chi connectivity index (χ1n) is 5.70. The van der Waals surface area contributed by atoms with Gasteiger partial charge in [-0.3, -0.25) is 10.8 Å². The Morgan fingerprint density at radius 2 is 2.33 bits per heavy atom. The lowest BCUT2D eigenvalue weighted by Gasteiger charge is -2.15. The monoisotopic (exact) mass is 264 g/mol. The number of hydrazine groups is 1. The summed E-state index contributed by atoms with van der Waals surface area (Å²) in [6.07, 6.45) is 3.48. The molecule has 0 radical (unpaired) electrons. The molecule has 1 atom stereocenters. The zero-order chi connectivity index (χ0) is 13.0. The van der Waals surface area contributed by atoms with Crippen LogP contribution in [0.2, 0.25) is 0 Å². The van der Waals surface area contributed by atoms with E-state index in [1.54, 1.807) is 23.7 Å². The normalized spacial score (nSPS) is 12.4. The Labute approximate surface area is 110 Å². The number of pyridine rings is 1. The van der Waals surface area contributed by atoms with E-state index in [1.165, 1.54) is 0 Å². The van der Waals surface area contributed by atoms with E-state index in [9.17, 15) is 0 Å². The van der Waals surface area contributed by atoms with Crippen LogP contribution in [0.4, 0.5) is 0 Å². The van der Waals surface area contributed by atoms with Gasteiger partial charge in [0.1, 0.15) is 5.75 Å². The summed E-state index contributed by atoms with van der Waals surface area (Å²) in [5.41, 5.74) is 6.57. The van der Waals surface area contributed by atoms with Gasteiger partial charge in [0.25, 0.3) is 0 Å². The lowest BCUT2D eigenvalue weighted by molar-refractivity contribution is 0.338. The van der Waals surface area contributed by atoms with Crippen molar-refractivity contribution >= 4 is 11.3 Å². The number of aromatic nitrogens is 2. The molecule has 0 aliphatic heterocycles. The molecule has 0 saturated heterocycles. The van der Waals surface area contributed by atoms with Gasteiger partial charge >= 0.3 is 0 Å². The molecule has 5 nitrogen and oxygen atoms in total. The van der Waals surface area contributed by atoms with Crippen molar-refractivity contribution in [1.29, 1.82) is 0 Å². The van der Waals surface area contributed by atoms with E-state index in [2.05, 4.69) is 15.4 Å². The SMILES string of the molecule is CCOc1cncc(C(NN)c2scnc2C)c1. The average Bonchev–Trinajstić information content (AvgIpc) is 2.78. The second-order valence-electron chi connectivity index (χ2n) is 3.79. The molecule has 18 heavy (non-hydrogen) atoms. The van der Waals surface area contributed by atoms with E-state index in [4.69, 9.17) is 10.6 Å². The van der Waals surface area contributed by atoms with E-state index in [1.807, 2.05) is 25.4 Å². The molecule has 0 aliphatic rings. The van der Waals surface area contributed by atoms with E-state index in [-0.39, 0.29) is 6.04 Å². The zero-order valence-electron chi connectivity index (χ0n) is 10.4. The third-order valence-electron chi connectivity index (χ3n) is 2.59. The summed E-state index contributed by atoms with van der Waals surface area (Å²) in [5, 5.41) is 0. The molecule has 0 aliphatic carbocycles. The number of rotatable bonds is 5. The number of hydrogen-bond donors (Lipinski definition) is 2. The van der Waals surface area contributed by atoms with E-state index >= 15 is 0 Å². The van der Waals surface area contributed by atoms with Crippen LogP contribution in [0.1, 0.15) is 29.1 Å². The number of nitrogens with two attached hydrogens (primary N) is 1. The smallest absolute Gasteiger partial charge is 0.137 e. The van der Waals surface area contributed by atoms with E-state index in [0.29, 0.717) is 6.61 Å². The largest absolute Gasteiger partial charge is 0.492 e. The maximum atomic E-state index is 5.65. The summed E-state index contributed by atoms with van der Waals surface area (Å²) in [6.45, 7) is 4.53. The topological polar surface area (TPSA) is 73.1 Å². The Hall–Kier alpha value is -1.50. The predicted molar refractivity (Wildman–Crippen MR) is 71.4 cm³/mol. The fourth-order valence-corrected chi connectivity index (χ4v) is 2.64. The second kappa shape index (κ2) is 5.90. The van der Waals surface area contributed by atoms with Crippen LogP contribution in [0.25, 0.3) is 0 Å². The summed E-state index contributed by atoms with van der Waals surface area (Å²) >= 11 is 1.57. The molecule has 0 fully saturated rings. The fraction of sp³-hybridized carbons (Fsp3) is 0.333. The lowest BCUT2D eigenvalue weighted by Crippen LogP contribution is -2.28. The third kappa shape index (κ3) is 2.66. The maximum absolute atomic E-state index is 5.65. The van der Waals surface area contributed by atoms with Crippen LogP contribution >= 0.6 is 11.3 Å². The van der Waals surface area contributed by atoms with Gasteiger partial charge in [-0.1, -0.05) is 0 Å². The summed E-state index contributed by atoms with van der Waals surface area (Å²) in [6, 6.07) is 1.84. The Balaban J connectivity index is 2.33. The van der Waals surface area contributed by atoms with Gasteiger partial charge in [0.2, 0.25) is 0 Å². The lowest BCUT2D eigenvalue weighted by atomic mass is 10.1. The molecule has 2 aromatic rings. The molecule has 0 saturated carbocycles. The molecular weight excluding hydrogens is 248 g/mol. The number of ether oxygens (including phenoxy) is 1. The van der Waals surface area contributed by atoms with E-state index in [0.717, 1.165) is 21.9 Å². The highest BCUT2D eigenvalue weighted by atomic mass is 32.1. The van der Waals surface area contributed by atoms with Gasteiger partial charge in [0.05, 0.1) is 34.9 Å². The van der Waals surface area contributed by atoms with Gasteiger partial charge in [0, 0.05) is 6.20 Å². The number of aryl methyl sites for hydroxylation is 1. The number of nitrogens with one attached hydrogen (secondary N) is 1. The second-order valence-corrected chi connectivity index (χ2v) is 4.68. The highest BCUT2D eigenvalue weighted by Gasteiger charge is 2.17. The number of hydrogen-bond acceptors (Lipinski definition) is 6. The van der Waals surface area contributed by atoms with Crippen LogP contribution in [-0.4, -0.2) is 16.6 Å². The first kappa shape index (κ1) is 12.9. The highest BCUT2D eigenvalue weighted by molar-refractivity contribution is 7.09. The minimum absolute atomic E-state index is 0.106. The van der Waals surface area contributed by atoms with Gasteiger partial charge in [-0.25, -0.2) is 10.4 Å². The van der Waals surface area contributed by atoms with Crippen molar-refractivity contribution in [3.05, 3.63) is 40.1 Å². The summed E-state index contributed by atoms with van der Waals surface area (Å²) < 4.78 is 5.45. The van der Waals surface area contributed by atoms with Crippen molar-refractivity contribution in [2.24, 2.45) is 5.84 Å². The number of thiazole rings is 1. The van der Waals surface area contributed by atoms with Crippen molar-refractivity contribution in [1.82, 2.24) is 15.4 Å². The van der Waals surface area contributed by atoms with Crippen LogP contribution in [0, 0.1) is 6.92 Å². The van der Waals surface area contributed by atoms with Crippen molar-refractivity contribution in [2.45, 2.75) is 19.9 Å². The molecular formula is C12H16N4OS. The highest BCUT2D eigenvalue weighted by Crippen LogP contribution is 2.28. The Morgan fingerprint density at radius 3 is 2.94 bits per heavy atom. The molecule has 0 amide bonds. The molecule has 2 aromatic heterocycles. The molecule has 96 valence electrons. The van der Waals surface area contributed by atoms with Crippen LogP contribution in [0.3, 0.4) is 0 Å². The number of nitrogens with zero attached hydrogens (tertiary/aromatic N) is 2. The Bertz CT molecular complexity index is 514. The zero-order valence-corrected chi connectivity index (χ0v) is 11.2. The molecule has 2 heterocycles. The quantitative estimate of drug-likeness (QED) is 0.636. The van der Waals surface area contributed by atoms with Crippen LogP contribution in [0.5, 0.6) is 5.75 Å². The average molecular weight is 264 g/mol. The van der Waals surface area contributed by atoms with Crippen LogP contribution in [-0.2, 0) is 0 Å². The van der Waals surface area contributed by atoms with Crippen molar-refractivity contribution in [2.75, 3.05) is 6.61 Å². The molecule has 3 N–H and O–H groups in total. The van der Waals surface area contributed by atoms with Crippen LogP contribution < -0.4 is 16.0 Å². The van der Waals surface area contributed by atoms with Crippen molar-refractivity contribution in [3.8, 4) is 5.75 Å². The van der Waals surface area contributed by atoms with Gasteiger partial charge in [-0.2, -0.15) is 0 Å². The predicted octanol–water partition coefficient (Wildman–Crippen LogP) is 1.80. The summed E-state index contributed by atoms with van der Waals surface area (Å²) in [7, 11) is 0. The minimum atomic E-state index is -0.106. The van der Waals surface area contributed by atoms with Gasteiger partial charge in [-0.05, 0) is 25.5 Å². The fourth-order valence-electron chi connectivity index (χ4n) is 1.75. The molecule has 2 rings (SSSR count). The van der Waals surface area contributed by atoms with Gasteiger partial charge in [-0.15, -0.1) is 11.3 Å². The molecule has 1 unspecified atom stereocenters. The molecule has 0 bridgehead atoms. The van der Waals surface area contributed by atoms with Crippen molar-refractivity contribution in [3.63, 3.8) is 0 Å². The van der Waals surface area contributed by atoms with Gasteiger partial charge < -0.3 is 4.74 Å². The van der Waals surface area contributed by atoms with E-state index < -0.39 is 0 Å². The van der Waals surface area contributed by atoms with Crippen LogP contribution in [0.15, 0.2) is 24.0 Å².